The van der Waals surface area contributed by atoms with E-state index in [-0.39, 0.29) is 11.9 Å². The third-order valence-corrected chi connectivity index (χ3v) is 7.05. The number of carbonyl (C=O) groups excluding carboxylic acids is 2. The van der Waals surface area contributed by atoms with Gasteiger partial charge in [-0.1, -0.05) is 36.4 Å². The first kappa shape index (κ1) is 17.7. The Morgan fingerprint density at radius 2 is 1.83 bits per heavy atom. The van der Waals surface area contributed by atoms with Crippen molar-refractivity contribution in [2.45, 2.75) is 30.3 Å². The summed E-state index contributed by atoms with van der Waals surface area (Å²) in [5.74, 6) is 0.802. The number of hydrogen-bond acceptors (Lipinski definition) is 5. The third-order valence-electron chi connectivity index (χ3n) is 7.05. The smallest absolute Gasteiger partial charge is 0.339 e. The predicted octanol–water partition coefficient (Wildman–Crippen LogP) is 2.79. The van der Waals surface area contributed by atoms with Crippen molar-refractivity contribution in [3.63, 3.8) is 0 Å². The van der Waals surface area contributed by atoms with E-state index < -0.39 is 11.0 Å². The largest absolute Gasteiger partial charge is 0.449 e. The van der Waals surface area contributed by atoms with Crippen LogP contribution < -0.4 is 4.90 Å². The first-order valence-electron chi connectivity index (χ1n) is 10.6. The molecular weight excluding hydrogens is 378 g/mol. The summed E-state index contributed by atoms with van der Waals surface area (Å²) in [7, 11) is 0. The van der Waals surface area contributed by atoms with Gasteiger partial charge in [0.1, 0.15) is 5.82 Å². The van der Waals surface area contributed by atoms with Gasteiger partial charge in [0.05, 0.1) is 17.5 Å². The molecule has 4 heterocycles. The maximum atomic E-state index is 13.5. The van der Waals surface area contributed by atoms with Crippen molar-refractivity contribution in [1.82, 2.24) is 9.88 Å². The number of ether oxygens (including phenoxy) is 1. The van der Waals surface area contributed by atoms with Crippen molar-refractivity contribution >= 4 is 17.7 Å². The first-order chi connectivity index (χ1) is 14.6. The number of esters is 1. The fourth-order valence-corrected chi connectivity index (χ4v) is 5.18. The SMILES string of the molecule is O=C1OC2(CCN(C(=O)C3(c4ccc(N5CC=CC5)nc4)CC3)C2)c2ccccc21. The average molecular weight is 401 g/mol. The van der Waals surface area contributed by atoms with Gasteiger partial charge in [-0.2, -0.15) is 0 Å². The van der Waals surface area contributed by atoms with Gasteiger partial charge in [0.25, 0.3) is 0 Å². The van der Waals surface area contributed by atoms with E-state index in [1.807, 2.05) is 41.4 Å². The van der Waals surface area contributed by atoms with Gasteiger partial charge in [-0.3, -0.25) is 4.79 Å². The molecule has 30 heavy (non-hydrogen) atoms. The van der Waals surface area contributed by atoms with Crippen LogP contribution in [-0.4, -0.2) is 47.9 Å². The molecule has 2 fully saturated rings. The third kappa shape index (κ3) is 2.46. The standard InChI is InChI=1S/C24H23N3O3/c28-21-18-5-1-2-6-19(18)24(30-21)11-14-27(16-24)22(29)23(9-10-23)17-7-8-20(25-15-17)26-12-3-4-13-26/h1-8,15H,9-14,16H2. The Hall–Kier alpha value is -3.15. The zero-order valence-corrected chi connectivity index (χ0v) is 16.7. The summed E-state index contributed by atoms with van der Waals surface area (Å²) in [6, 6.07) is 11.6. The lowest BCUT2D eigenvalue weighted by molar-refractivity contribution is -0.134. The molecule has 6 rings (SSSR count). The van der Waals surface area contributed by atoms with E-state index >= 15 is 0 Å². The second-order valence-corrected chi connectivity index (χ2v) is 8.77. The zero-order valence-electron chi connectivity index (χ0n) is 16.7. The predicted molar refractivity (Wildman–Crippen MR) is 111 cm³/mol. The Balaban J connectivity index is 1.23. The number of fused-ring (bicyclic) bond motifs is 2. The van der Waals surface area contributed by atoms with E-state index in [4.69, 9.17) is 4.74 Å². The minimum atomic E-state index is -0.690. The fraction of sp³-hybridized carbons (Fsp3) is 0.375. The lowest BCUT2D eigenvalue weighted by Crippen LogP contribution is -2.40. The van der Waals surface area contributed by atoms with Gasteiger partial charge < -0.3 is 14.5 Å². The van der Waals surface area contributed by atoms with E-state index in [9.17, 15) is 9.59 Å². The Labute approximate surface area is 175 Å². The summed E-state index contributed by atoms with van der Waals surface area (Å²) < 4.78 is 5.82. The first-order valence-corrected chi connectivity index (χ1v) is 10.6. The van der Waals surface area contributed by atoms with Crippen LogP contribution in [0.1, 0.15) is 40.7 Å². The summed E-state index contributed by atoms with van der Waals surface area (Å²) >= 11 is 0. The second-order valence-electron chi connectivity index (χ2n) is 8.77. The molecule has 0 radical (unpaired) electrons. The maximum Gasteiger partial charge on any atom is 0.339 e. The topological polar surface area (TPSA) is 62.7 Å². The van der Waals surface area contributed by atoms with E-state index in [1.165, 1.54) is 0 Å². The van der Waals surface area contributed by atoms with Crippen LogP contribution in [0.3, 0.4) is 0 Å². The minimum absolute atomic E-state index is 0.136. The van der Waals surface area contributed by atoms with Crippen molar-refractivity contribution in [2.24, 2.45) is 0 Å². The summed E-state index contributed by atoms with van der Waals surface area (Å²) in [6.45, 7) is 2.80. The molecule has 1 atom stereocenters. The molecule has 1 aromatic heterocycles. The Kier molecular flexibility index (Phi) is 3.64. The molecule has 1 spiro atoms. The van der Waals surface area contributed by atoms with Gasteiger partial charge in [0.2, 0.25) is 5.91 Å². The molecule has 2 aromatic rings. The average Bonchev–Trinajstić information content (AvgIpc) is 3.13. The molecule has 1 aliphatic carbocycles. The van der Waals surface area contributed by atoms with Gasteiger partial charge in [-0.25, -0.2) is 9.78 Å². The Bertz CT molecular complexity index is 1070. The van der Waals surface area contributed by atoms with Crippen LogP contribution in [0.2, 0.25) is 0 Å². The van der Waals surface area contributed by atoms with E-state index in [0.717, 1.165) is 42.9 Å². The summed E-state index contributed by atoms with van der Waals surface area (Å²) in [5.41, 5.74) is 1.38. The number of hydrogen-bond donors (Lipinski definition) is 0. The lowest BCUT2D eigenvalue weighted by atomic mass is 9.91. The highest BCUT2D eigenvalue weighted by Crippen LogP contribution is 2.52. The Morgan fingerprint density at radius 3 is 2.57 bits per heavy atom. The van der Waals surface area contributed by atoms with Crippen LogP contribution in [0, 0.1) is 0 Å². The molecule has 1 unspecified atom stereocenters. The quantitative estimate of drug-likeness (QED) is 0.585. The highest BCUT2D eigenvalue weighted by Gasteiger charge is 2.57. The number of anilines is 1. The second kappa shape index (κ2) is 6.17. The maximum absolute atomic E-state index is 13.5. The van der Waals surface area contributed by atoms with Crippen LogP contribution in [0.25, 0.3) is 0 Å². The van der Waals surface area contributed by atoms with Crippen molar-refractivity contribution in [1.29, 1.82) is 0 Å². The fourth-order valence-electron chi connectivity index (χ4n) is 5.18. The van der Waals surface area contributed by atoms with Crippen LogP contribution >= 0.6 is 0 Å². The van der Waals surface area contributed by atoms with E-state index in [0.29, 0.717) is 25.1 Å². The van der Waals surface area contributed by atoms with E-state index in [2.05, 4.69) is 28.1 Å². The molecule has 1 saturated heterocycles. The molecule has 4 aliphatic rings. The molecule has 0 N–H and O–H groups in total. The molecule has 6 heteroatoms. The van der Waals surface area contributed by atoms with Gasteiger partial charge in [0, 0.05) is 37.8 Å². The van der Waals surface area contributed by atoms with Crippen molar-refractivity contribution in [3.05, 3.63) is 71.4 Å². The van der Waals surface area contributed by atoms with Gasteiger partial charge >= 0.3 is 5.97 Å². The van der Waals surface area contributed by atoms with Gasteiger partial charge in [0.15, 0.2) is 5.60 Å². The molecule has 1 aromatic carbocycles. The molecule has 152 valence electrons. The van der Waals surface area contributed by atoms with Gasteiger partial charge in [-0.15, -0.1) is 0 Å². The normalized spacial score (nSPS) is 25.7. The number of carbonyl (C=O) groups is 2. The van der Waals surface area contributed by atoms with Crippen molar-refractivity contribution in [3.8, 4) is 0 Å². The summed E-state index contributed by atoms with van der Waals surface area (Å²) in [6.07, 6.45) is 8.49. The van der Waals surface area contributed by atoms with Crippen molar-refractivity contribution in [2.75, 3.05) is 31.1 Å². The number of aromatic nitrogens is 1. The number of amides is 1. The van der Waals surface area contributed by atoms with Crippen LogP contribution in [0.4, 0.5) is 5.82 Å². The zero-order chi connectivity index (χ0) is 20.3. The minimum Gasteiger partial charge on any atom is -0.449 e. The number of rotatable bonds is 3. The highest BCUT2D eigenvalue weighted by atomic mass is 16.6. The van der Waals surface area contributed by atoms with E-state index in [1.54, 1.807) is 0 Å². The molecule has 1 amide bonds. The number of nitrogens with zero attached hydrogens (tertiary/aromatic N) is 3. The van der Waals surface area contributed by atoms with Crippen LogP contribution in [0.5, 0.6) is 0 Å². The summed E-state index contributed by atoms with van der Waals surface area (Å²) in [4.78, 5) is 34.6. The molecule has 1 saturated carbocycles. The monoisotopic (exact) mass is 401 g/mol. The number of pyridine rings is 1. The molecule has 6 nitrogen and oxygen atoms in total. The summed E-state index contributed by atoms with van der Waals surface area (Å²) in [5, 5.41) is 0. The lowest BCUT2D eigenvalue weighted by Gasteiger charge is -2.27. The molecule has 3 aliphatic heterocycles. The number of likely N-dealkylation sites (tertiary alicyclic amines) is 1. The highest BCUT2D eigenvalue weighted by molar-refractivity contribution is 5.96. The number of benzene rings is 1. The molecular formula is C24H23N3O3. The van der Waals surface area contributed by atoms with Gasteiger partial charge in [-0.05, 0) is 30.5 Å². The Morgan fingerprint density at radius 1 is 1.03 bits per heavy atom. The van der Waals surface area contributed by atoms with Crippen LogP contribution in [0.15, 0.2) is 54.7 Å². The molecule has 0 bridgehead atoms. The van der Waals surface area contributed by atoms with Crippen LogP contribution in [-0.2, 0) is 20.5 Å². The van der Waals surface area contributed by atoms with Crippen molar-refractivity contribution < 1.29 is 14.3 Å².